The number of fused-ring (bicyclic) bond motifs is 1. The van der Waals surface area contributed by atoms with Gasteiger partial charge >= 0.3 is 0 Å². The predicted molar refractivity (Wildman–Crippen MR) is 80.3 cm³/mol. The third-order valence-electron chi connectivity index (χ3n) is 4.82. The Morgan fingerprint density at radius 3 is 2.77 bits per heavy atom. The summed E-state index contributed by atoms with van der Waals surface area (Å²) in [4.78, 5) is 12.8. The first kappa shape index (κ1) is 12.1. The van der Waals surface area contributed by atoms with Crippen LogP contribution in [0.15, 0.2) is 36.8 Å². The highest BCUT2D eigenvalue weighted by atomic mass is 19.1. The molecule has 22 heavy (non-hydrogen) atoms. The summed E-state index contributed by atoms with van der Waals surface area (Å²) in [5, 5.41) is 3.38. The number of benzene rings is 1. The van der Waals surface area contributed by atoms with E-state index in [-0.39, 0.29) is 11.4 Å². The normalized spacial score (nSPS) is 25.6. The third kappa shape index (κ3) is 1.60. The number of halogens is 1. The largest absolute Gasteiger partial charge is 0.349 e. The Morgan fingerprint density at radius 1 is 1.18 bits per heavy atom. The highest BCUT2D eigenvalue weighted by molar-refractivity contribution is 5.76. The highest BCUT2D eigenvalue weighted by Gasteiger charge is 2.57. The van der Waals surface area contributed by atoms with Crippen LogP contribution in [-0.2, 0) is 0 Å². The van der Waals surface area contributed by atoms with Gasteiger partial charge in [-0.05, 0) is 37.3 Å². The monoisotopic (exact) mass is 295 g/mol. The summed E-state index contributed by atoms with van der Waals surface area (Å²) in [5.74, 6) is 1.14. The quantitative estimate of drug-likeness (QED) is 0.807. The second-order valence-corrected chi connectivity index (χ2v) is 6.35. The Morgan fingerprint density at radius 2 is 2.00 bits per heavy atom. The van der Waals surface area contributed by atoms with Crippen LogP contribution in [-0.4, -0.2) is 25.1 Å². The maximum absolute atomic E-state index is 14.2. The van der Waals surface area contributed by atoms with Gasteiger partial charge < -0.3 is 5.32 Å². The summed E-state index contributed by atoms with van der Waals surface area (Å²) in [6.07, 6.45) is 6.36. The first-order valence-electron chi connectivity index (χ1n) is 7.46. The van der Waals surface area contributed by atoms with Crippen LogP contribution in [0.5, 0.6) is 0 Å². The zero-order valence-corrected chi connectivity index (χ0v) is 11.8. The van der Waals surface area contributed by atoms with Gasteiger partial charge in [-0.15, -0.1) is 0 Å². The maximum Gasteiger partial charge on any atom is 0.225 e. The second kappa shape index (κ2) is 4.03. The number of nitrogens with zero attached hydrogens (tertiary/aromatic N) is 4. The van der Waals surface area contributed by atoms with Gasteiger partial charge in [0.15, 0.2) is 11.6 Å². The van der Waals surface area contributed by atoms with E-state index in [1.807, 2.05) is 24.3 Å². The molecule has 3 saturated carbocycles. The fraction of sp³-hybridized carbons (Fsp3) is 0.312. The van der Waals surface area contributed by atoms with E-state index in [4.69, 9.17) is 0 Å². The molecule has 0 radical (unpaired) electrons. The Hall–Kier alpha value is -2.50. The zero-order chi connectivity index (χ0) is 14.7. The first-order chi connectivity index (χ1) is 10.7. The minimum absolute atomic E-state index is 0.163. The zero-order valence-electron chi connectivity index (χ0n) is 11.8. The summed E-state index contributed by atoms with van der Waals surface area (Å²) < 4.78 is 15.9. The fourth-order valence-corrected chi connectivity index (χ4v) is 3.58. The van der Waals surface area contributed by atoms with Crippen molar-refractivity contribution in [3.05, 3.63) is 42.6 Å². The molecule has 0 aliphatic heterocycles. The van der Waals surface area contributed by atoms with Crippen molar-refractivity contribution in [3.63, 3.8) is 0 Å². The van der Waals surface area contributed by atoms with Gasteiger partial charge in [0.2, 0.25) is 5.95 Å². The number of rotatable bonds is 3. The Bertz CT molecular complexity index is 870. The van der Waals surface area contributed by atoms with Crippen molar-refractivity contribution in [2.24, 2.45) is 5.92 Å². The van der Waals surface area contributed by atoms with Crippen LogP contribution in [0.2, 0.25) is 0 Å². The molecule has 0 atom stereocenters. The van der Waals surface area contributed by atoms with Crippen molar-refractivity contribution in [1.29, 1.82) is 0 Å². The van der Waals surface area contributed by atoms with Crippen LogP contribution >= 0.6 is 0 Å². The molecule has 0 amide bonds. The molecule has 110 valence electrons. The minimum atomic E-state index is -0.453. The van der Waals surface area contributed by atoms with Crippen molar-refractivity contribution in [2.45, 2.75) is 24.8 Å². The van der Waals surface area contributed by atoms with E-state index in [9.17, 15) is 4.39 Å². The molecule has 0 spiro atoms. The molecular weight excluding hydrogens is 281 g/mol. The van der Waals surface area contributed by atoms with Crippen molar-refractivity contribution >= 4 is 17.0 Å². The average molecular weight is 295 g/mol. The van der Waals surface area contributed by atoms with E-state index < -0.39 is 5.82 Å². The van der Waals surface area contributed by atoms with Gasteiger partial charge in [0, 0.05) is 5.54 Å². The summed E-state index contributed by atoms with van der Waals surface area (Å²) in [7, 11) is 0. The summed E-state index contributed by atoms with van der Waals surface area (Å²) in [6, 6.07) is 7.61. The molecule has 1 N–H and O–H groups in total. The number of anilines is 1. The molecule has 6 rings (SSSR count). The lowest BCUT2D eigenvalue weighted by atomic mass is 9.50. The molecule has 3 aromatic rings. The van der Waals surface area contributed by atoms with Crippen LogP contribution in [0.3, 0.4) is 0 Å². The molecule has 0 saturated heterocycles. The SMILES string of the molecule is Fc1cnc(NC23CC(C2)C3)nc1-n1cnc2ccccc21. The Labute approximate surface area is 126 Å². The molecule has 0 unspecified atom stereocenters. The second-order valence-electron chi connectivity index (χ2n) is 6.35. The summed E-state index contributed by atoms with van der Waals surface area (Å²) >= 11 is 0. The number of para-hydroxylation sites is 2. The molecule has 2 bridgehead atoms. The van der Waals surface area contributed by atoms with Gasteiger partial charge in [-0.1, -0.05) is 12.1 Å². The molecule has 2 heterocycles. The van der Waals surface area contributed by atoms with Crippen LogP contribution in [0, 0.1) is 11.7 Å². The lowest BCUT2D eigenvalue weighted by Crippen LogP contribution is -2.63. The maximum atomic E-state index is 14.2. The van der Waals surface area contributed by atoms with Crippen LogP contribution < -0.4 is 5.32 Å². The molecule has 2 aromatic heterocycles. The molecule has 3 aliphatic carbocycles. The number of imidazole rings is 1. The van der Waals surface area contributed by atoms with Crippen molar-refractivity contribution in [2.75, 3.05) is 5.32 Å². The third-order valence-corrected chi connectivity index (χ3v) is 4.82. The summed E-state index contributed by atoms with van der Waals surface area (Å²) in [5.41, 5.74) is 1.81. The van der Waals surface area contributed by atoms with Gasteiger partial charge in [0.05, 0.1) is 17.2 Å². The number of hydrogen-bond acceptors (Lipinski definition) is 4. The van der Waals surface area contributed by atoms with Crippen LogP contribution in [0.25, 0.3) is 16.9 Å². The number of aromatic nitrogens is 4. The standard InChI is InChI=1S/C16H14FN5/c17-11-8-18-15(21-16-5-10(6-16)7-16)20-14(11)22-9-19-12-3-1-2-4-13(12)22/h1-4,8-10H,5-7H2,(H,18,20,21). The van der Waals surface area contributed by atoms with Crippen molar-refractivity contribution in [1.82, 2.24) is 19.5 Å². The van der Waals surface area contributed by atoms with Crippen molar-refractivity contribution < 1.29 is 4.39 Å². The van der Waals surface area contributed by atoms with Crippen LogP contribution in [0.4, 0.5) is 10.3 Å². The topological polar surface area (TPSA) is 55.6 Å². The molecule has 3 fully saturated rings. The van der Waals surface area contributed by atoms with E-state index in [0.29, 0.717) is 5.95 Å². The van der Waals surface area contributed by atoms with Gasteiger partial charge in [0.1, 0.15) is 6.33 Å². The van der Waals surface area contributed by atoms with E-state index in [2.05, 4.69) is 20.3 Å². The molecular formula is C16H14FN5. The lowest BCUT2D eigenvalue weighted by molar-refractivity contribution is 0.00144. The van der Waals surface area contributed by atoms with E-state index >= 15 is 0 Å². The number of hydrogen-bond donors (Lipinski definition) is 1. The Balaban J connectivity index is 1.58. The summed E-state index contributed by atoms with van der Waals surface area (Å²) in [6.45, 7) is 0. The van der Waals surface area contributed by atoms with E-state index in [1.165, 1.54) is 25.5 Å². The van der Waals surface area contributed by atoms with Gasteiger partial charge in [-0.25, -0.2) is 14.4 Å². The Kier molecular flexibility index (Phi) is 2.21. The average Bonchev–Trinajstić information content (AvgIpc) is 2.87. The minimum Gasteiger partial charge on any atom is -0.349 e. The van der Waals surface area contributed by atoms with Gasteiger partial charge in [-0.2, -0.15) is 4.98 Å². The molecule has 5 nitrogen and oxygen atoms in total. The smallest absolute Gasteiger partial charge is 0.225 e. The molecule has 1 aromatic carbocycles. The lowest BCUT2D eigenvalue weighted by Gasteiger charge is -2.61. The van der Waals surface area contributed by atoms with E-state index in [0.717, 1.165) is 17.0 Å². The van der Waals surface area contributed by atoms with E-state index in [1.54, 1.807) is 10.9 Å². The fourth-order valence-electron chi connectivity index (χ4n) is 3.58. The number of nitrogens with one attached hydrogen (secondary N) is 1. The predicted octanol–water partition coefficient (Wildman–Crippen LogP) is 2.92. The van der Waals surface area contributed by atoms with Crippen molar-refractivity contribution in [3.8, 4) is 5.82 Å². The van der Waals surface area contributed by atoms with Gasteiger partial charge in [0.25, 0.3) is 0 Å². The highest BCUT2D eigenvalue weighted by Crippen LogP contribution is 2.58. The molecule has 3 aliphatic rings. The molecule has 6 heteroatoms. The van der Waals surface area contributed by atoms with Crippen LogP contribution in [0.1, 0.15) is 19.3 Å². The first-order valence-corrected chi connectivity index (χ1v) is 7.46. The van der Waals surface area contributed by atoms with Gasteiger partial charge in [-0.3, -0.25) is 4.57 Å².